The van der Waals surface area contributed by atoms with E-state index in [1.54, 1.807) is 24.3 Å². The number of amides is 1. The lowest BCUT2D eigenvalue weighted by Gasteiger charge is -2.17. The topological polar surface area (TPSA) is 55.1 Å². The highest BCUT2D eigenvalue weighted by Gasteiger charge is 2.18. The van der Waals surface area contributed by atoms with E-state index in [0.29, 0.717) is 16.3 Å². The maximum Gasteiger partial charge on any atom is 0.263 e. The fourth-order valence-electron chi connectivity index (χ4n) is 1.90. The number of hydrogen-bond donors (Lipinski definition) is 2. The van der Waals surface area contributed by atoms with Crippen LogP contribution in [0.5, 0.6) is 0 Å². The number of primary amides is 1. The van der Waals surface area contributed by atoms with E-state index < -0.39 is 18.4 Å². The minimum atomic E-state index is -2.55. The third-order valence-electron chi connectivity index (χ3n) is 2.94. The van der Waals surface area contributed by atoms with Crippen molar-refractivity contribution in [3.05, 3.63) is 64.7 Å². The van der Waals surface area contributed by atoms with Crippen LogP contribution in [-0.2, 0) is 4.79 Å². The second-order valence-electron chi connectivity index (χ2n) is 4.46. The van der Waals surface area contributed by atoms with Gasteiger partial charge >= 0.3 is 0 Å². The lowest BCUT2D eigenvalue weighted by molar-refractivity contribution is -0.118. The van der Waals surface area contributed by atoms with E-state index in [9.17, 15) is 13.6 Å². The van der Waals surface area contributed by atoms with Crippen molar-refractivity contribution in [2.75, 3.05) is 5.32 Å². The SMILES string of the molecule is NC(=O)C(Nc1cccc(Cl)c1)c1ccc(C(F)F)cc1. The van der Waals surface area contributed by atoms with Crippen LogP contribution in [0.2, 0.25) is 5.02 Å². The largest absolute Gasteiger partial charge is 0.370 e. The summed E-state index contributed by atoms with van der Waals surface area (Å²) in [6, 6.07) is 11.4. The summed E-state index contributed by atoms with van der Waals surface area (Å²) in [4.78, 5) is 11.6. The number of alkyl halides is 2. The van der Waals surface area contributed by atoms with Crippen molar-refractivity contribution in [1.82, 2.24) is 0 Å². The van der Waals surface area contributed by atoms with Gasteiger partial charge in [-0.05, 0) is 23.8 Å². The average Bonchev–Trinajstić information content (AvgIpc) is 2.44. The molecular formula is C15H13ClF2N2O. The first-order chi connectivity index (χ1) is 9.97. The van der Waals surface area contributed by atoms with Gasteiger partial charge in [-0.3, -0.25) is 4.79 Å². The molecule has 1 unspecified atom stereocenters. The van der Waals surface area contributed by atoms with Gasteiger partial charge in [0.1, 0.15) is 6.04 Å². The quantitative estimate of drug-likeness (QED) is 0.879. The predicted octanol–water partition coefficient (Wildman–Crippen LogP) is 3.92. The summed E-state index contributed by atoms with van der Waals surface area (Å²) < 4.78 is 25.1. The van der Waals surface area contributed by atoms with Crippen molar-refractivity contribution in [3.63, 3.8) is 0 Å². The lowest BCUT2D eigenvalue weighted by atomic mass is 10.0. The number of carbonyl (C=O) groups is 1. The fraction of sp³-hybridized carbons (Fsp3) is 0.133. The summed E-state index contributed by atoms with van der Waals surface area (Å²) in [5.41, 5.74) is 6.38. The standard InChI is InChI=1S/C15H13ClF2N2O/c16-11-2-1-3-12(8-11)20-13(15(19)21)9-4-6-10(7-5-9)14(17)18/h1-8,13-14,20H,(H2,19,21). The van der Waals surface area contributed by atoms with E-state index in [-0.39, 0.29) is 5.56 Å². The Labute approximate surface area is 125 Å². The molecule has 1 atom stereocenters. The fourth-order valence-corrected chi connectivity index (χ4v) is 2.09. The van der Waals surface area contributed by atoms with Crippen molar-refractivity contribution < 1.29 is 13.6 Å². The molecule has 110 valence electrons. The zero-order valence-electron chi connectivity index (χ0n) is 10.9. The first-order valence-electron chi connectivity index (χ1n) is 6.17. The molecule has 6 heteroatoms. The highest BCUT2D eigenvalue weighted by atomic mass is 35.5. The van der Waals surface area contributed by atoms with Crippen LogP contribution in [0.25, 0.3) is 0 Å². The molecule has 0 aromatic heterocycles. The summed E-state index contributed by atoms with van der Waals surface area (Å²) in [6.07, 6.45) is -2.55. The molecule has 1 amide bonds. The van der Waals surface area contributed by atoms with Crippen LogP contribution < -0.4 is 11.1 Å². The average molecular weight is 311 g/mol. The highest BCUT2D eigenvalue weighted by molar-refractivity contribution is 6.30. The molecule has 0 bridgehead atoms. The maximum absolute atomic E-state index is 12.5. The molecule has 0 saturated carbocycles. The molecule has 0 aliphatic heterocycles. The minimum absolute atomic E-state index is 0.107. The molecule has 0 saturated heterocycles. The number of halogens is 3. The van der Waals surface area contributed by atoms with Crippen LogP contribution in [0.1, 0.15) is 23.6 Å². The van der Waals surface area contributed by atoms with E-state index in [2.05, 4.69) is 5.32 Å². The van der Waals surface area contributed by atoms with Crippen LogP contribution >= 0.6 is 11.6 Å². The first-order valence-corrected chi connectivity index (χ1v) is 6.54. The Morgan fingerprint density at radius 2 is 1.71 bits per heavy atom. The van der Waals surface area contributed by atoms with Crippen molar-refractivity contribution in [1.29, 1.82) is 0 Å². The third-order valence-corrected chi connectivity index (χ3v) is 3.18. The molecule has 0 radical (unpaired) electrons. The Bertz CT molecular complexity index is 632. The summed E-state index contributed by atoms with van der Waals surface area (Å²) >= 11 is 5.87. The smallest absolute Gasteiger partial charge is 0.263 e. The Balaban J connectivity index is 2.24. The molecule has 0 fully saturated rings. The second kappa shape index (κ2) is 6.54. The zero-order chi connectivity index (χ0) is 15.4. The molecule has 0 heterocycles. The number of nitrogens with one attached hydrogen (secondary N) is 1. The van der Waals surface area contributed by atoms with Crippen LogP contribution in [-0.4, -0.2) is 5.91 Å². The van der Waals surface area contributed by atoms with Crippen molar-refractivity contribution in [3.8, 4) is 0 Å². The van der Waals surface area contributed by atoms with E-state index in [4.69, 9.17) is 17.3 Å². The van der Waals surface area contributed by atoms with E-state index >= 15 is 0 Å². The molecule has 21 heavy (non-hydrogen) atoms. The Hall–Kier alpha value is -2.14. The van der Waals surface area contributed by atoms with Crippen LogP contribution in [0.15, 0.2) is 48.5 Å². The molecule has 0 aliphatic rings. The Morgan fingerprint density at radius 3 is 2.24 bits per heavy atom. The normalized spacial score (nSPS) is 12.2. The van der Waals surface area contributed by atoms with Gasteiger partial charge in [-0.15, -0.1) is 0 Å². The molecule has 3 N–H and O–H groups in total. The summed E-state index contributed by atoms with van der Waals surface area (Å²) in [7, 11) is 0. The van der Waals surface area contributed by atoms with Gasteiger partial charge in [-0.25, -0.2) is 8.78 Å². The number of hydrogen-bond acceptors (Lipinski definition) is 2. The Morgan fingerprint density at radius 1 is 1.10 bits per heavy atom. The molecule has 0 spiro atoms. The van der Waals surface area contributed by atoms with Crippen molar-refractivity contribution in [2.24, 2.45) is 5.73 Å². The van der Waals surface area contributed by atoms with Crippen LogP contribution in [0, 0.1) is 0 Å². The predicted molar refractivity (Wildman–Crippen MR) is 78.4 cm³/mol. The Kier molecular flexibility index (Phi) is 4.75. The summed E-state index contributed by atoms with van der Waals surface area (Å²) in [5, 5.41) is 3.45. The number of anilines is 1. The summed E-state index contributed by atoms with van der Waals surface area (Å²) in [6.45, 7) is 0. The van der Waals surface area contributed by atoms with Gasteiger partial charge in [0.05, 0.1) is 0 Å². The van der Waals surface area contributed by atoms with Crippen LogP contribution in [0.3, 0.4) is 0 Å². The molecule has 2 aromatic carbocycles. The molecule has 2 rings (SSSR count). The van der Waals surface area contributed by atoms with Gasteiger partial charge in [0.15, 0.2) is 0 Å². The van der Waals surface area contributed by atoms with Gasteiger partial charge in [0.2, 0.25) is 5.91 Å². The highest BCUT2D eigenvalue weighted by Crippen LogP contribution is 2.24. The maximum atomic E-state index is 12.5. The second-order valence-corrected chi connectivity index (χ2v) is 4.89. The zero-order valence-corrected chi connectivity index (χ0v) is 11.6. The lowest BCUT2D eigenvalue weighted by Crippen LogP contribution is -2.27. The van der Waals surface area contributed by atoms with Gasteiger partial charge < -0.3 is 11.1 Å². The summed E-state index contributed by atoms with van der Waals surface area (Å²) in [5.74, 6) is -0.611. The van der Waals surface area contributed by atoms with Crippen molar-refractivity contribution in [2.45, 2.75) is 12.5 Å². The van der Waals surface area contributed by atoms with Crippen LogP contribution in [0.4, 0.5) is 14.5 Å². The number of benzene rings is 2. The van der Waals surface area contributed by atoms with Gasteiger partial charge in [0, 0.05) is 16.3 Å². The van der Waals surface area contributed by atoms with E-state index in [1.807, 2.05) is 0 Å². The van der Waals surface area contributed by atoms with Gasteiger partial charge in [-0.2, -0.15) is 0 Å². The monoisotopic (exact) mass is 310 g/mol. The molecule has 3 nitrogen and oxygen atoms in total. The number of carbonyl (C=O) groups excluding carboxylic acids is 1. The van der Waals surface area contributed by atoms with E-state index in [1.165, 1.54) is 24.3 Å². The van der Waals surface area contributed by atoms with E-state index in [0.717, 1.165) is 0 Å². The van der Waals surface area contributed by atoms with Gasteiger partial charge in [-0.1, -0.05) is 41.9 Å². The minimum Gasteiger partial charge on any atom is -0.370 e. The number of nitrogens with two attached hydrogens (primary N) is 1. The third kappa shape index (κ3) is 3.92. The van der Waals surface area contributed by atoms with Gasteiger partial charge in [0.25, 0.3) is 6.43 Å². The number of rotatable bonds is 5. The molecule has 2 aromatic rings. The molecular weight excluding hydrogens is 298 g/mol. The first kappa shape index (κ1) is 15.3. The van der Waals surface area contributed by atoms with Crippen molar-refractivity contribution >= 4 is 23.2 Å². The molecule has 0 aliphatic carbocycles.